The monoisotopic (exact) mass is 282 g/mol. The highest BCUT2D eigenvalue weighted by atomic mass is 35.5. The molecule has 0 aliphatic carbocycles. The van der Waals surface area contributed by atoms with Crippen molar-refractivity contribution in [3.8, 4) is 0 Å². The van der Waals surface area contributed by atoms with Gasteiger partial charge in [0.15, 0.2) is 0 Å². The van der Waals surface area contributed by atoms with E-state index >= 15 is 0 Å². The van der Waals surface area contributed by atoms with E-state index in [4.69, 9.17) is 25.8 Å². The molecular formula is C15H19ClO3. The van der Waals surface area contributed by atoms with Gasteiger partial charge in [-0.25, -0.2) is 0 Å². The topological polar surface area (TPSA) is 27.7 Å². The van der Waals surface area contributed by atoms with Crippen molar-refractivity contribution < 1.29 is 14.2 Å². The van der Waals surface area contributed by atoms with Crippen LogP contribution in [0.15, 0.2) is 24.3 Å². The Morgan fingerprint density at radius 3 is 2.21 bits per heavy atom. The molecular weight excluding hydrogens is 264 g/mol. The number of ether oxygens (including phenoxy) is 3. The van der Waals surface area contributed by atoms with Crippen molar-refractivity contribution in [2.45, 2.75) is 45.4 Å². The van der Waals surface area contributed by atoms with Gasteiger partial charge in [0.1, 0.15) is 0 Å². The van der Waals surface area contributed by atoms with Crippen LogP contribution in [-0.4, -0.2) is 18.8 Å². The minimum atomic E-state index is -1.07. The van der Waals surface area contributed by atoms with Crippen LogP contribution in [0, 0.1) is 5.41 Å². The molecule has 2 unspecified atom stereocenters. The molecule has 0 radical (unpaired) electrons. The van der Waals surface area contributed by atoms with Crippen LogP contribution in [0.2, 0.25) is 5.02 Å². The highest BCUT2D eigenvalue weighted by molar-refractivity contribution is 6.30. The Morgan fingerprint density at radius 2 is 1.74 bits per heavy atom. The first-order valence-electron chi connectivity index (χ1n) is 6.78. The Bertz CT molecular complexity index is 459. The molecule has 2 bridgehead atoms. The van der Waals surface area contributed by atoms with Crippen LogP contribution in [0.1, 0.15) is 32.8 Å². The molecule has 1 aromatic rings. The standard InChI is InChI=1S/C15H19ClO3/c1-4-14-9-17-15(18-10(14)2,19-11(14)3)12-5-7-13(16)8-6-12/h5-8,10-11H,4,9H2,1-3H3. The quantitative estimate of drug-likeness (QED) is 0.828. The fourth-order valence-corrected chi connectivity index (χ4v) is 3.27. The van der Waals surface area contributed by atoms with Crippen LogP contribution >= 0.6 is 11.6 Å². The highest BCUT2D eigenvalue weighted by Crippen LogP contribution is 2.52. The molecule has 3 aliphatic heterocycles. The number of rotatable bonds is 2. The van der Waals surface area contributed by atoms with E-state index in [-0.39, 0.29) is 17.6 Å². The zero-order chi connectivity index (χ0) is 13.7. The summed E-state index contributed by atoms with van der Waals surface area (Å²) >= 11 is 5.93. The van der Waals surface area contributed by atoms with Crippen LogP contribution in [0.5, 0.6) is 0 Å². The summed E-state index contributed by atoms with van der Waals surface area (Å²) in [7, 11) is 0. The first-order valence-corrected chi connectivity index (χ1v) is 7.16. The van der Waals surface area contributed by atoms with Crippen LogP contribution in [0.3, 0.4) is 0 Å². The molecule has 0 amide bonds. The Balaban J connectivity index is 1.97. The number of hydrogen-bond donors (Lipinski definition) is 0. The Kier molecular flexibility index (Phi) is 3.13. The first kappa shape index (κ1) is 13.4. The zero-order valence-corrected chi connectivity index (χ0v) is 12.2. The number of hydrogen-bond acceptors (Lipinski definition) is 3. The molecule has 3 aliphatic rings. The van der Waals surface area contributed by atoms with E-state index in [0.717, 1.165) is 12.0 Å². The van der Waals surface area contributed by atoms with E-state index in [9.17, 15) is 0 Å². The summed E-state index contributed by atoms with van der Waals surface area (Å²) in [4.78, 5) is 0. The van der Waals surface area contributed by atoms with E-state index < -0.39 is 5.97 Å². The predicted molar refractivity (Wildman–Crippen MR) is 72.9 cm³/mol. The third-order valence-electron chi connectivity index (χ3n) is 4.67. The molecule has 0 aromatic heterocycles. The van der Waals surface area contributed by atoms with Gasteiger partial charge >= 0.3 is 5.97 Å². The molecule has 3 nitrogen and oxygen atoms in total. The zero-order valence-electron chi connectivity index (χ0n) is 11.5. The van der Waals surface area contributed by atoms with E-state index in [1.165, 1.54) is 0 Å². The van der Waals surface area contributed by atoms with Crippen molar-refractivity contribution >= 4 is 11.6 Å². The Labute approximate surface area is 118 Å². The Hall–Kier alpha value is -0.610. The van der Waals surface area contributed by atoms with E-state index in [2.05, 4.69) is 20.8 Å². The lowest BCUT2D eigenvalue weighted by Gasteiger charge is -2.58. The van der Waals surface area contributed by atoms with Crippen molar-refractivity contribution in [2.75, 3.05) is 6.61 Å². The summed E-state index contributed by atoms with van der Waals surface area (Å²) in [5.41, 5.74) is 0.814. The van der Waals surface area contributed by atoms with E-state index in [0.29, 0.717) is 11.6 Å². The van der Waals surface area contributed by atoms with Crippen LogP contribution in [0.4, 0.5) is 0 Å². The molecule has 104 valence electrons. The third kappa shape index (κ3) is 1.83. The van der Waals surface area contributed by atoms with Gasteiger partial charge in [0.05, 0.1) is 18.8 Å². The maximum atomic E-state index is 6.08. The predicted octanol–water partition coefficient (Wildman–Crippen LogP) is 3.70. The molecule has 19 heavy (non-hydrogen) atoms. The minimum Gasteiger partial charge on any atom is -0.323 e. The minimum absolute atomic E-state index is 0.0474. The molecule has 1 aromatic carbocycles. The molecule has 4 heteroatoms. The van der Waals surface area contributed by atoms with Gasteiger partial charge in [0.2, 0.25) is 0 Å². The smallest absolute Gasteiger partial charge is 0.312 e. The fraction of sp³-hybridized carbons (Fsp3) is 0.600. The summed E-state index contributed by atoms with van der Waals surface area (Å²) in [6, 6.07) is 7.44. The SMILES string of the molecule is CCC12COC(c3ccc(Cl)cc3)(OC1C)OC2C. The molecule has 3 saturated heterocycles. The van der Waals surface area contributed by atoms with Gasteiger partial charge in [-0.15, -0.1) is 0 Å². The second-order valence-electron chi connectivity index (χ2n) is 5.46. The summed E-state index contributed by atoms with van der Waals surface area (Å²) in [6.45, 7) is 7.03. The Morgan fingerprint density at radius 1 is 1.16 bits per heavy atom. The summed E-state index contributed by atoms with van der Waals surface area (Å²) < 4.78 is 18.1. The van der Waals surface area contributed by atoms with Crippen molar-refractivity contribution in [3.63, 3.8) is 0 Å². The van der Waals surface area contributed by atoms with E-state index in [1.54, 1.807) is 0 Å². The van der Waals surface area contributed by atoms with Gasteiger partial charge in [-0.2, -0.15) is 0 Å². The average Bonchev–Trinajstić information content (AvgIpc) is 2.40. The van der Waals surface area contributed by atoms with Gasteiger partial charge in [0.25, 0.3) is 0 Å². The number of fused-ring (bicyclic) bond motifs is 3. The normalized spacial score (nSPS) is 41.5. The average molecular weight is 283 g/mol. The maximum Gasteiger partial charge on any atom is 0.312 e. The lowest BCUT2D eigenvalue weighted by Crippen LogP contribution is -2.65. The molecule has 3 heterocycles. The fourth-order valence-electron chi connectivity index (χ4n) is 3.14. The second-order valence-corrected chi connectivity index (χ2v) is 5.90. The lowest BCUT2D eigenvalue weighted by molar-refractivity contribution is -0.515. The largest absolute Gasteiger partial charge is 0.323 e. The number of benzene rings is 1. The van der Waals surface area contributed by atoms with Crippen LogP contribution < -0.4 is 0 Å². The summed E-state index contributed by atoms with van der Waals surface area (Å²) in [5.74, 6) is -1.07. The molecule has 4 rings (SSSR count). The van der Waals surface area contributed by atoms with Crippen molar-refractivity contribution in [2.24, 2.45) is 5.41 Å². The maximum absolute atomic E-state index is 6.08. The highest BCUT2D eigenvalue weighted by Gasteiger charge is 2.60. The van der Waals surface area contributed by atoms with Gasteiger partial charge in [0, 0.05) is 16.0 Å². The molecule has 3 fully saturated rings. The first-order chi connectivity index (χ1) is 9.02. The summed E-state index contributed by atoms with van der Waals surface area (Å²) in [6.07, 6.45) is 1.18. The van der Waals surface area contributed by atoms with Crippen LogP contribution in [-0.2, 0) is 20.2 Å². The second kappa shape index (κ2) is 4.45. The molecule has 0 spiro atoms. The van der Waals surface area contributed by atoms with Crippen molar-refractivity contribution in [1.82, 2.24) is 0 Å². The molecule has 0 saturated carbocycles. The third-order valence-corrected chi connectivity index (χ3v) is 4.92. The number of halogens is 1. The van der Waals surface area contributed by atoms with Crippen molar-refractivity contribution in [1.29, 1.82) is 0 Å². The molecule has 2 atom stereocenters. The van der Waals surface area contributed by atoms with Gasteiger partial charge < -0.3 is 14.2 Å². The molecule has 0 N–H and O–H groups in total. The summed E-state index contributed by atoms with van der Waals surface area (Å²) in [5, 5.41) is 0.691. The van der Waals surface area contributed by atoms with E-state index in [1.807, 2.05) is 24.3 Å². The van der Waals surface area contributed by atoms with Gasteiger partial charge in [-0.3, -0.25) is 0 Å². The van der Waals surface area contributed by atoms with Gasteiger partial charge in [-0.05, 0) is 44.5 Å². The lowest BCUT2D eigenvalue weighted by atomic mass is 9.74. The van der Waals surface area contributed by atoms with Gasteiger partial charge in [-0.1, -0.05) is 18.5 Å². The van der Waals surface area contributed by atoms with Crippen molar-refractivity contribution in [3.05, 3.63) is 34.9 Å². The van der Waals surface area contributed by atoms with Crippen LogP contribution in [0.25, 0.3) is 0 Å².